The second-order valence-electron chi connectivity index (χ2n) is 9.35. The van der Waals surface area contributed by atoms with Crippen molar-refractivity contribution in [3.8, 4) is 0 Å². The second-order valence-corrected chi connectivity index (χ2v) is 9.35. The minimum Gasteiger partial charge on any atom is -0.326 e. The minimum absolute atomic E-state index is 0.0550. The Hall–Kier alpha value is -2.96. The number of benzene rings is 2. The van der Waals surface area contributed by atoms with Gasteiger partial charge in [-0.1, -0.05) is 0 Å². The molecule has 1 amide bonds. The molecule has 2 fully saturated rings. The summed E-state index contributed by atoms with van der Waals surface area (Å²) in [5, 5.41) is 3.66. The van der Waals surface area contributed by atoms with E-state index in [0.29, 0.717) is 11.6 Å². The van der Waals surface area contributed by atoms with Crippen LogP contribution in [0.5, 0.6) is 0 Å². The summed E-state index contributed by atoms with van der Waals surface area (Å²) >= 11 is 0. The molecule has 2 aromatic carbocycles. The Morgan fingerprint density at radius 1 is 0.970 bits per heavy atom. The van der Waals surface area contributed by atoms with Crippen LogP contribution in [0.3, 0.4) is 0 Å². The van der Waals surface area contributed by atoms with Crippen molar-refractivity contribution in [2.24, 2.45) is 11.3 Å². The molecule has 3 aromatic rings. The lowest BCUT2D eigenvalue weighted by Crippen LogP contribution is -2.48. The van der Waals surface area contributed by atoms with Crippen LogP contribution < -0.4 is 5.32 Å². The van der Waals surface area contributed by atoms with Crippen LogP contribution in [0.2, 0.25) is 0 Å². The Labute approximate surface area is 189 Å². The van der Waals surface area contributed by atoms with E-state index in [1.165, 1.54) is 18.2 Å². The number of halogens is 4. The largest absolute Gasteiger partial charge is 0.416 e. The Kier molecular flexibility index (Phi) is 5.38. The van der Waals surface area contributed by atoms with Crippen LogP contribution in [0.1, 0.15) is 55.6 Å². The van der Waals surface area contributed by atoms with Crippen molar-refractivity contribution in [1.82, 2.24) is 4.98 Å². The van der Waals surface area contributed by atoms with Gasteiger partial charge in [0.2, 0.25) is 5.91 Å². The lowest BCUT2D eigenvalue weighted by Gasteiger charge is -2.52. The summed E-state index contributed by atoms with van der Waals surface area (Å²) in [5.41, 5.74) is 1.49. The summed E-state index contributed by atoms with van der Waals surface area (Å²) in [4.78, 5) is 17.3. The molecule has 1 spiro atoms. The highest BCUT2D eigenvalue weighted by atomic mass is 19.4. The van der Waals surface area contributed by atoms with Gasteiger partial charge < -0.3 is 5.32 Å². The van der Waals surface area contributed by atoms with E-state index in [2.05, 4.69) is 10.3 Å². The summed E-state index contributed by atoms with van der Waals surface area (Å²) in [7, 11) is 0. The summed E-state index contributed by atoms with van der Waals surface area (Å²) < 4.78 is 52.1. The van der Waals surface area contributed by atoms with Gasteiger partial charge in [-0.25, -0.2) is 4.39 Å². The number of fused-ring (bicyclic) bond motifs is 1. The molecule has 1 unspecified atom stereocenters. The van der Waals surface area contributed by atoms with Crippen LogP contribution in [0, 0.1) is 17.2 Å². The smallest absolute Gasteiger partial charge is 0.326 e. The fourth-order valence-electron chi connectivity index (χ4n) is 5.68. The number of rotatable bonds is 3. The average molecular weight is 456 g/mol. The fourth-order valence-corrected chi connectivity index (χ4v) is 5.68. The van der Waals surface area contributed by atoms with Gasteiger partial charge in [0, 0.05) is 23.2 Å². The number of carbonyl (C=O) groups excluding carboxylic acids is 1. The second kappa shape index (κ2) is 8.12. The number of hydrogen-bond acceptors (Lipinski definition) is 2. The normalized spacial score (nSPS) is 25.1. The van der Waals surface area contributed by atoms with Gasteiger partial charge >= 0.3 is 6.18 Å². The Morgan fingerprint density at radius 2 is 1.67 bits per heavy atom. The van der Waals surface area contributed by atoms with E-state index < -0.39 is 11.7 Å². The number of alkyl halides is 3. The number of pyridine rings is 1. The first-order valence-electron chi connectivity index (χ1n) is 11.3. The molecule has 1 N–H and O–H groups in total. The predicted molar refractivity (Wildman–Crippen MR) is 118 cm³/mol. The first-order valence-corrected chi connectivity index (χ1v) is 11.3. The zero-order valence-electron chi connectivity index (χ0n) is 18.0. The van der Waals surface area contributed by atoms with Crippen molar-refractivity contribution in [2.45, 2.75) is 50.6 Å². The van der Waals surface area contributed by atoms with E-state index in [0.717, 1.165) is 67.1 Å². The van der Waals surface area contributed by atoms with Gasteiger partial charge in [0.05, 0.1) is 11.1 Å². The molecule has 7 heteroatoms. The third-order valence-electron chi connectivity index (χ3n) is 7.62. The highest BCUT2D eigenvalue weighted by molar-refractivity contribution is 5.93. The quantitative estimate of drug-likeness (QED) is 0.428. The molecule has 5 rings (SSSR count). The van der Waals surface area contributed by atoms with E-state index in [9.17, 15) is 22.4 Å². The molecule has 1 heterocycles. The van der Waals surface area contributed by atoms with Crippen molar-refractivity contribution < 1.29 is 22.4 Å². The van der Waals surface area contributed by atoms with Crippen molar-refractivity contribution >= 4 is 22.5 Å². The Morgan fingerprint density at radius 3 is 2.30 bits per heavy atom. The van der Waals surface area contributed by atoms with Crippen molar-refractivity contribution in [2.75, 3.05) is 5.32 Å². The highest BCUT2D eigenvalue weighted by Crippen LogP contribution is 2.58. The number of aromatic nitrogens is 1. The van der Waals surface area contributed by atoms with Crippen LogP contribution in [0.4, 0.5) is 23.2 Å². The third kappa shape index (κ3) is 4.09. The number of nitrogens with one attached hydrogen (secondary N) is 1. The SMILES string of the molecule is O=C(Nc1ccc(C(F)(F)F)cc1)C1CCC12CCC(c1ccnc3ccc(F)cc13)CC2. The van der Waals surface area contributed by atoms with Crippen molar-refractivity contribution in [3.63, 3.8) is 0 Å². The molecule has 33 heavy (non-hydrogen) atoms. The van der Waals surface area contributed by atoms with Crippen LogP contribution in [0.25, 0.3) is 10.9 Å². The van der Waals surface area contributed by atoms with Gasteiger partial charge in [0.25, 0.3) is 0 Å². The monoisotopic (exact) mass is 456 g/mol. The minimum atomic E-state index is -4.40. The zero-order valence-corrected chi connectivity index (χ0v) is 18.0. The Balaban J connectivity index is 1.26. The van der Waals surface area contributed by atoms with E-state index in [1.807, 2.05) is 6.07 Å². The molecule has 0 bridgehead atoms. The van der Waals surface area contributed by atoms with Crippen molar-refractivity contribution in [3.05, 3.63) is 71.7 Å². The van der Waals surface area contributed by atoms with Crippen LogP contribution in [-0.4, -0.2) is 10.9 Å². The Bertz CT molecular complexity index is 1180. The molecule has 0 aliphatic heterocycles. The van der Waals surface area contributed by atoms with Gasteiger partial charge in [0.15, 0.2) is 0 Å². The number of amides is 1. The molecule has 1 aromatic heterocycles. The van der Waals surface area contributed by atoms with Gasteiger partial charge in [-0.2, -0.15) is 13.2 Å². The van der Waals surface area contributed by atoms with Crippen LogP contribution in [0.15, 0.2) is 54.7 Å². The van der Waals surface area contributed by atoms with Gasteiger partial charge in [0.1, 0.15) is 5.82 Å². The molecule has 0 radical (unpaired) electrons. The summed E-state index contributed by atoms with van der Waals surface area (Å²) in [6.07, 6.45) is 2.79. The maximum absolute atomic E-state index is 13.8. The first kappa shape index (κ1) is 21.9. The van der Waals surface area contributed by atoms with Gasteiger partial charge in [-0.3, -0.25) is 9.78 Å². The summed E-state index contributed by atoms with van der Waals surface area (Å²) in [6.45, 7) is 0. The molecular formula is C26H24F4N2O. The van der Waals surface area contributed by atoms with E-state index in [1.54, 1.807) is 18.3 Å². The number of anilines is 1. The van der Waals surface area contributed by atoms with E-state index in [-0.39, 0.29) is 23.1 Å². The number of nitrogens with zero attached hydrogens (tertiary/aromatic N) is 1. The summed E-state index contributed by atoms with van der Waals surface area (Å²) in [5.74, 6) is -0.228. The maximum Gasteiger partial charge on any atom is 0.416 e. The third-order valence-corrected chi connectivity index (χ3v) is 7.62. The highest BCUT2D eigenvalue weighted by Gasteiger charge is 2.51. The molecule has 3 nitrogen and oxygen atoms in total. The van der Waals surface area contributed by atoms with Crippen LogP contribution >= 0.6 is 0 Å². The standard InChI is InChI=1S/C26H24F4N2O/c27-18-3-6-23-21(15-18)20(10-14-31-23)16-7-11-25(12-8-16)13-9-22(25)24(33)32-19-4-1-17(2-5-19)26(28,29)30/h1-6,10,14-16,22H,7-9,11-13H2,(H,32,33). The lowest BCUT2D eigenvalue weighted by molar-refractivity contribution is -0.137. The predicted octanol–water partition coefficient (Wildman–Crippen LogP) is 7.09. The van der Waals surface area contributed by atoms with Crippen LogP contribution in [-0.2, 0) is 11.0 Å². The molecular weight excluding hydrogens is 432 g/mol. The summed E-state index contributed by atoms with van der Waals surface area (Å²) in [6, 6.07) is 11.2. The van der Waals surface area contributed by atoms with E-state index >= 15 is 0 Å². The molecule has 0 saturated heterocycles. The molecule has 1 atom stereocenters. The number of carbonyl (C=O) groups is 1. The topological polar surface area (TPSA) is 42.0 Å². The average Bonchev–Trinajstić information content (AvgIpc) is 2.78. The van der Waals surface area contributed by atoms with Gasteiger partial charge in [-0.05, 0) is 104 Å². The lowest BCUT2D eigenvalue weighted by atomic mass is 9.52. The van der Waals surface area contributed by atoms with Gasteiger partial charge in [-0.15, -0.1) is 0 Å². The fraction of sp³-hybridized carbons (Fsp3) is 0.385. The number of hydrogen-bond donors (Lipinski definition) is 1. The zero-order chi connectivity index (χ0) is 23.2. The van der Waals surface area contributed by atoms with Crippen molar-refractivity contribution in [1.29, 1.82) is 0 Å². The first-order chi connectivity index (χ1) is 15.7. The van der Waals surface area contributed by atoms with E-state index in [4.69, 9.17) is 0 Å². The molecule has 2 aliphatic rings. The maximum atomic E-state index is 13.8. The molecule has 2 aliphatic carbocycles. The molecule has 172 valence electrons. The molecule has 2 saturated carbocycles.